The summed E-state index contributed by atoms with van der Waals surface area (Å²) in [5.74, 6) is 2.37. The van der Waals surface area contributed by atoms with E-state index in [0.29, 0.717) is 0 Å². The molecule has 2 heterocycles. The Hall–Kier alpha value is -1.65. The van der Waals surface area contributed by atoms with Gasteiger partial charge in [0, 0.05) is 19.2 Å². The Balaban J connectivity index is 2.02. The van der Waals surface area contributed by atoms with Crippen molar-refractivity contribution in [2.24, 2.45) is 11.8 Å². The standard InChI is InChI=1S/C14H21N3O2/c1-3-11(4-2)12-7-8-16(10-12)14-6-5-13(9-15-14)17(18)19/h5-6,9,11-12H,3-4,7-8,10H2,1-2H3. The molecule has 1 unspecified atom stereocenters. The molecule has 5 heteroatoms. The van der Waals surface area contributed by atoms with E-state index in [4.69, 9.17) is 0 Å². The second-order valence-corrected chi connectivity index (χ2v) is 5.20. The normalized spacial score (nSPS) is 19.1. The summed E-state index contributed by atoms with van der Waals surface area (Å²) < 4.78 is 0. The molecule has 1 aliphatic heterocycles. The number of anilines is 1. The smallest absolute Gasteiger partial charge is 0.287 e. The van der Waals surface area contributed by atoms with Crippen molar-refractivity contribution in [2.75, 3.05) is 18.0 Å². The third kappa shape index (κ3) is 3.03. The number of hydrogen-bond donors (Lipinski definition) is 0. The van der Waals surface area contributed by atoms with Gasteiger partial charge >= 0.3 is 0 Å². The molecule has 1 aliphatic rings. The maximum absolute atomic E-state index is 10.6. The lowest BCUT2D eigenvalue weighted by Crippen LogP contribution is -2.23. The van der Waals surface area contributed by atoms with Crippen LogP contribution in [-0.4, -0.2) is 23.0 Å². The SMILES string of the molecule is CCC(CC)C1CCN(c2ccc([N+](=O)[O-])cn2)C1. The molecule has 1 aromatic rings. The van der Waals surface area contributed by atoms with E-state index in [-0.39, 0.29) is 5.69 Å². The van der Waals surface area contributed by atoms with E-state index >= 15 is 0 Å². The monoisotopic (exact) mass is 263 g/mol. The van der Waals surface area contributed by atoms with Crippen molar-refractivity contribution in [3.05, 3.63) is 28.4 Å². The molecule has 0 aromatic carbocycles. The Bertz CT molecular complexity index is 429. The predicted octanol–water partition coefficient (Wildman–Crippen LogP) is 3.25. The first-order valence-electron chi connectivity index (χ1n) is 7.01. The molecule has 2 rings (SSSR count). The van der Waals surface area contributed by atoms with Crippen LogP contribution >= 0.6 is 0 Å². The molecule has 1 fully saturated rings. The highest BCUT2D eigenvalue weighted by Crippen LogP contribution is 2.31. The highest BCUT2D eigenvalue weighted by Gasteiger charge is 2.28. The second kappa shape index (κ2) is 5.99. The molecule has 1 aromatic heterocycles. The molecule has 19 heavy (non-hydrogen) atoms. The molecule has 0 N–H and O–H groups in total. The van der Waals surface area contributed by atoms with Crippen molar-refractivity contribution in [1.29, 1.82) is 0 Å². The van der Waals surface area contributed by atoms with Gasteiger partial charge in [-0.1, -0.05) is 26.7 Å². The van der Waals surface area contributed by atoms with Gasteiger partial charge in [-0.2, -0.15) is 0 Å². The summed E-state index contributed by atoms with van der Waals surface area (Å²) in [7, 11) is 0. The van der Waals surface area contributed by atoms with Crippen molar-refractivity contribution in [3.63, 3.8) is 0 Å². The van der Waals surface area contributed by atoms with Crippen LogP contribution in [0.2, 0.25) is 0 Å². The largest absolute Gasteiger partial charge is 0.356 e. The van der Waals surface area contributed by atoms with E-state index in [0.717, 1.165) is 30.7 Å². The summed E-state index contributed by atoms with van der Waals surface area (Å²) in [5.41, 5.74) is 0.0551. The van der Waals surface area contributed by atoms with Gasteiger partial charge in [0.25, 0.3) is 5.69 Å². The first-order valence-corrected chi connectivity index (χ1v) is 7.01. The van der Waals surface area contributed by atoms with Crippen LogP contribution in [0.3, 0.4) is 0 Å². The Morgan fingerprint density at radius 3 is 2.74 bits per heavy atom. The number of aromatic nitrogens is 1. The molecule has 5 nitrogen and oxygen atoms in total. The minimum Gasteiger partial charge on any atom is -0.356 e. The maximum atomic E-state index is 10.6. The third-order valence-electron chi connectivity index (χ3n) is 4.21. The van der Waals surface area contributed by atoms with Crippen molar-refractivity contribution in [3.8, 4) is 0 Å². The van der Waals surface area contributed by atoms with E-state index in [2.05, 4.69) is 23.7 Å². The molecule has 0 saturated carbocycles. The zero-order valence-electron chi connectivity index (χ0n) is 11.6. The van der Waals surface area contributed by atoms with Crippen LogP contribution in [0.15, 0.2) is 18.3 Å². The van der Waals surface area contributed by atoms with E-state index in [1.165, 1.54) is 31.5 Å². The average Bonchev–Trinajstić information content (AvgIpc) is 2.90. The van der Waals surface area contributed by atoms with E-state index < -0.39 is 4.92 Å². The second-order valence-electron chi connectivity index (χ2n) is 5.20. The summed E-state index contributed by atoms with van der Waals surface area (Å²) in [5, 5.41) is 10.6. The Kier molecular flexibility index (Phi) is 4.35. The van der Waals surface area contributed by atoms with Crippen LogP contribution in [0.25, 0.3) is 0 Å². The zero-order chi connectivity index (χ0) is 13.8. The third-order valence-corrected chi connectivity index (χ3v) is 4.21. The number of nitrogens with zero attached hydrogens (tertiary/aromatic N) is 3. The van der Waals surface area contributed by atoms with Gasteiger partial charge in [-0.05, 0) is 24.3 Å². The molecule has 104 valence electrons. The summed E-state index contributed by atoms with van der Waals surface area (Å²) in [6, 6.07) is 3.29. The fraction of sp³-hybridized carbons (Fsp3) is 0.643. The lowest BCUT2D eigenvalue weighted by Gasteiger charge is -2.22. The Labute approximate surface area is 113 Å². The van der Waals surface area contributed by atoms with Gasteiger partial charge in [-0.25, -0.2) is 4.98 Å². The minimum absolute atomic E-state index is 0.0551. The first-order chi connectivity index (χ1) is 9.15. The molecular weight excluding hydrogens is 242 g/mol. The van der Waals surface area contributed by atoms with E-state index in [9.17, 15) is 10.1 Å². The van der Waals surface area contributed by atoms with Gasteiger partial charge in [0.15, 0.2) is 0 Å². The quantitative estimate of drug-likeness (QED) is 0.604. The lowest BCUT2D eigenvalue weighted by atomic mass is 9.87. The van der Waals surface area contributed by atoms with E-state index in [1.807, 2.05) is 0 Å². The molecule has 1 atom stereocenters. The number of pyridine rings is 1. The molecule has 1 saturated heterocycles. The average molecular weight is 263 g/mol. The number of hydrogen-bond acceptors (Lipinski definition) is 4. The van der Waals surface area contributed by atoms with Gasteiger partial charge in [0.2, 0.25) is 0 Å². The number of rotatable bonds is 5. The molecule has 0 radical (unpaired) electrons. The summed E-state index contributed by atoms with van der Waals surface area (Å²) in [4.78, 5) is 16.6. The first kappa shape index (κ1) is 13.8. The summed E-state index contributed by atoms with van der Waals surface area (Å²) >= 11 is 0. The zero-order valence-corrected chi connectivity index (χ0v) is 11.6. The predicted molar refractivity (Wildman–Crippen MR) is 75.3 cm³/mol. The Morgan fingerprint density at radius 1 is 1.47 bits per heavy atom. The van der Waals surface area contributed by atoms with Crippen LogP contribution in [0.5, 0.6) is 0 Å². The Morgan fingerprint density at radius 2 is 2.21 bits per heavy atom. The minimum atomic E-state index is -0.409. The fourth-order valence-electron chi connectivity index (χ4n) is 3.01. The summed E-state index contributed by atoms with van der Waals surface area (Å²) in [6.45, 7) is 6.53. The molecule has 0 bridgehead atoms. The highest BCUT2D eigenvalue weighted by atomic mass is 16.6. The maximum Gasteiger partial charge on any atom is 0.287 e. The summed E-state index contributed by atoms with van der Waals surface area (Å²) in [6.07, 6.45) is 5.00. The van der Waals surface area contributed by atoms with Gasteiger partial charge in [-0.15, -0.1) is 0 Å². The molecule has 0 amide bonds. The topological polar surface area (TPSA) is 59.3 Å². The van der Waals surface area contributed by atoms with Crippen LogP contribution in [0.1, 0.15) is 33.1 Å². The van der Waals surface area contributed by atoms with Crippen LogP contribution in [0, 0.1) is 22.0 Å². The van der Waals surface area contributed by atoms with Crippen molar-refractivity contribution < 1.29 is 4.92 Å². The molecule has 0 spiro atoms. The van der Waals surface area contributed by atoms with E-state index in [1.54, 1.807) is 6.07 Å². The van der Waals surface area contributed by atoms with Crippen molar-refractivity contribution in [1.82, 2.24) is 4.98 Å². The van der Waals surface area contributed by atoms with Gasteiger partial charge < -0.3 is 4.90 Å². The fourth-order valence-corrected chi connectivity index (χ4v) is 3.01. The van der Waals surface area contributed by atoms with Crippen LogP contribution in [0.4, 0.5) is 11.5 Å². The molecular formula is C14H21N3O2. The highest BCUT2D eigenvalue weighted by molar-refractivity contribution is 5.43. The van der Waals surface area contributed by atoms with Gasteiger partial charge in [0.1, 0.15) is 12.0 Å². The van der Waals surface area contributed by atoms with Gasteiger partial charge in [-0.3, -0.25) is 10.1 Å². The molecule has 0 aliphatic carbocycles. The van der Waals surface area contributed by atoms with Crippen molar-refractivity contribution in [2.45, 2.75) is 33.1 Å². The lowest BCUT2D eigenvalue weighted by molar-refractivity contribution is -0.385. The number of nitro groups is 1. The van der Waals surface area contributed by atoms with Crippen LogP contribution in [-0.2, 0) is 0 Å². The van der Waals surface area contributed by atoms with Gasteiger partial charge in [0.05, 0.1) is 4.92 Å². The van der Waals surface area contributed by atoms with Crippen LogP contribution < -0.4 is 4.90 Å². The van der Waals surface area contributed by atoms with Crippen molar-refractivity contribution >= 4 is 11.5 Å².